The Hall–Kier alpha value is -2.01. The number of sulfonamides is 1. The topological polar surface area (TPSA) is 97.8 Å². The molecule has 8 nitrogen and oxygen atoms in total. The van der Waals surface area contributed by atoms with Gasteiger partial charge in [-0.15, -0.1) is 11.3 Å². The largest absolute Gasteiger partial charge is 0.464 e. The summed E-state index contributed by atoms with van der Waals surface area (Å²) in [6.45, 7) is 1.04. The van der Waals surface area contributed by atoms with E-state index in [0.29, 0.717) is 30.6 Å². The van der Waals surface area contributed by atoms with Gasteiger partial charge in [-0.05, 0) is 43.6 Å². The summed E-state index contributed by atoms with van der Waals surface area (Å²) in [5.74, 6) is 0.0891. The van der Waals surface area contributed by atoms with E-state index in [1.54, 1.807) is 5.38 Å². The van der Waals surface area contributed by atoms with Crippen LogP contribution in [0.1, 0.15) is 54.1 Å². The molecule has 1 aromatic carbocycles. The molecule has 2 aromatic rings. The van der Waals surface area contributed by atoms with E-state index >= 15 is 0 Å². The first kappa shape index (κ1) is 24.1. The van der Waals surface area contributed by atoms with Gasteiger partial charge in [-0.3, -0.25) is 0 Å². The van der Waals surface area contributed by atoms with Crippen molar-refractivity contribution in [2.45, 2.75) is 56.2 Å². The summed E-state index contributed by atoms with van der Waals surface area (Å²) in [5, 5.41) is 2.34. The Balaban J connectivity index is 1.40. The summed E-state index contributed by atoms with van der Waals surface area (Å²) >= 11 is 1.35. The first-order valence-electron chi connectivity index (χ1n) is 11.3. The molecule has 1 aliphatic heterocycles. The number of thiazole rings is 1. The number of hydrogen-bond acceptors (Lipinski definition) is 8. The van der Waals surface area contributed by atoms with E-state index in [-0.39, 0.29) is 23.9 Å². The Morgan fingerprint density at radius 2 is 1.91 bits per heavy atom. The number of benzene rings is 1. The Bertz CT molecular complexity index is 1040. The van der Waals surface area contributed by atoms with Gasteiger partial charge in [0, 0.05) is 18.0 Å². The van der Waals surface area contributed by atoms with Crippen LogP contribution in [0.15, 0.2) is 35.7 Å². The van der Waals surface area contributed by atoms with E-state index in [1.807, 2.05) is 6.07 Å². The molecule has 0 amide bonds. The summed E-state index contributed by atoms with van der Waals surface area (Å²) in [5.41, 5.74) is 1.65. The van der Waals surface area contributed by atoms with Crippen LogP contribution in [0, 0.1) is 0 Å². The highest BCUT2D eigenvalue weighted by atomic mass is 32.2. The van der Waals surface area contributed by atoms with E-state index < -0.39 is 16.0 Å². The maximum Gasteiger partial charge on any atom is 0.357 e. The van der Waals surface area contributed by atoms with E-state index in [2.05, 4.69) is 38.9 Å². The second kappa shape index (κ2) is 10.5. The van der Waals surface area contributed by atoms with E-state index in [9.17, 15) is 13.2 Å². The highest BCUT2D eigenvalue weighted by Crippen LogP contribution is 2.35. The fourth-order valence-corrected chi connectivity index (χ4v) is 6.53. The molecule has 2 aliphatic rings. The van der Waals surface area contributed by atoms with Crippen LogP contribution in [0.4, 0.5) is 5.13 Å². The number of carbonyl (C=O) groups excluding carboxylic acids is 1. The average Bonchev–Trinajstić information content (AvgIpc) is 3.44. The molecule has 0 spiro atoms. The number of carbonyl (C=O) groups is 1. The van der Waals surface area contributed by atoms with Crippen LogP contribution in [0.5, 0.6) is 0 Å². The molecular formula is C23H31N3O5S2. The van der Waals surface area contributed by atoms with Crippen molar-refractivity contribution in [3.8, 4) is 0 Å². The zero-order chi connectivity index (χ0) is 23.4. The number of methoxy groups -OCH3 is 1. The van der Waals surface area contributed by atoms with Gasteiger partial charge < -0.3 is 14.4 Å². The first-order valence-corrected chi connectivity index (χ1v) is 14.1. The van der Waals surface area contributed by atoms with Crippen LogP contribution in [0.25, 0.3) is 0 Å². The van der Waals surface area contributed by atoms with Crippen LogP contribution in [0.3, 0.4) is 0 Å². The van der Waals surface area contributed by atoms with Crippen molar-refractivity contribution < 1.29 is 22.7 Å². The lowest BCUT2D eigenvalue weighted by molar-refractivity contribution is 0.0157. The highest BCUT2D eigenvalue weighted by molar-refractivity contribution is 7.88. The van der Waals surface area contributed by atoms with Crippen molar-refractivity contribution in [3.05, 3.63) is 47.0 Å². The molecule has 10 heteroatoms. The smallest absolute Gasteiger partial charge is 0.357 e. The monoisotopic (exact) mass is 493 g/mol. The van der Waals surface area contributed by atoms with Gasteiger partial charge in [-0.1, -0.05) is 30.3 Å². The number of esters is 1. The van der Waals surface area contributed by atoms with Gasteiger partial charge in [0.25, 0.3) is 0 Å². The first-order chi connectivity index (χ1) is 15.8. The number of rotatable bonds is 8. The van der Waals surface area contributed by atoms with Crippen molar-refractivity contribution in [3.63, 3.8) is 0 Å². The molecule has 1 aliphatic carbocycles. The molecular weight excluding hydrogens is 462 g/mol. The zero-order valence-electron chi connectivity index (χ0n) is 19.0. The maximum atomic E-state index is 11.9. The van der Waals surface area contributed by atoms with Crippen molar-refractivity contribution in [1.82, 2.24) is 9.71 Å². The van der Waals surface area contributed by atoms with Crippen LogP contribution in [-0.2, 0) is 19.5 Å². The molecule has 180 valence electrons. The minimum Gasteiger partial charge on any atom is -0.464 e. The molecule has 0 unspecified atom stereocenters. The van der Waals surface area contributed by atoms with E-state index in [4.69, 9.17) is 9.47 Å². The number of nitrogens with one attached hydrogen (secondary N) is 1. The highest BCUT2D eigenvalue weighted by Gasteiger charge is 2.38. The van der Waals surface area contributed by atoms with Crippen LogP contribution >= 0.6 is 11.3 Å². The van der Waals surface area contributed by atoms with Gasteiger partial charge in [0.1, 0.15) is 0 Å². The molecule has 1 aromatic heterocycles. The van der Waals surface area contributed by atoms with Crippen LogP contribution < -0.4 is 9.62 Å². The van der Waals surface area contributed by atoms with E-state index in [1.165, 1.54) is 30.3 Å². The van der Waals surface area contributed by atoms with Gasteiger partial charge in [0.2, 0.25) is 10.0 Å². The third-order valence-corrected chi connectivity index (χ3v) is 8.10. The summed E-state index contributed by atoms with van der Waals surface area (Å²) in [4.78, 5) is 18.3. The van der Waals surface area contributed by atoms with E-state index in [0.717, 1.165) is 25.7 Å². The summed E-state index contributed by atoms with van der Waals surface area (Å²) in [7, 11) is -2.04. The SMILES string of the molecule is COC(=O)c1csc(N2CC[C@H](NS(C)(=O)=O)[C@@H]2COC2CCC(c3ccccc3)CC2)n1. The normalized spacial score (nSPS) is 25.8. The van der Waals surface area contributed by atoms with Crippen LogP contribution in [-0.4, -0.2) is 64.1 Å². The molecule has 0 bridgehead atoms. The minimum absolute atomic E-state index is 0.160. The third-order valence-electron chi connectivity index (χ3n) is 6.49. The summed E-state index contributed by atoms with van der Waals surface area (Å²) in [6, 6.07) is 10.1. The Morgan fingerprint density at radius 1 is 1.18 bits per heavy atom. The maximum absolute atomic E-state index is 11.9. The Labute approximate surface area is 199 Å². The number of nitrogens with zero attached hydrogens (tertiary/aromatic N) is 2. The molecule has 2 fully saturated rings. The molecule has 4 rings (SSSR count). The standard InChI is InChI=1S/C23H31N3O5S2/c1-30-22(27)20-15-32-23(24-20)26-13-12-19(25-33(2,28)29)21(26)14-31-18-10-8-17(9-11-18)16-6-4-3-5-7-16/h3-7,15,17-19,21,25H,8-14H2,1-2H3/t17?,18?,19-,21-/m0/s1. The number of ether oxygens (including phenoxy) is 2. The van der Waals surface area contributed by atoms with Gasteiger partial charge in [0.05, 0.1) is 32.1 Å². The predicted octanol–water partition coefficient (Wildman–Crippen LogP) is 3.17. The minimum atomic E-state index is -3.36. The number of aromatic nitrogens is 1. The second-order valence-corrected chi connectivity index (χ2v) is 11.4. The second-order valence-electron chi connectivity index (χ2n) is 8.77. The molecule has 1 saturated heterocycles. The quantitative estimate of drug-likeness (QED) is 0.564. The van der Waals surface area contributed by atoms with Crippen molar-refractivity contribution >= 4 is 32.5 Å². The predicted molar refractivity (Wildman–Crippen MR) is 128 cm³/mol. The molecule has 1 N–H and O–H groups in total. The van der Waals surface area contributed by atoms with Gasteiger partial charge in [0.15, 0.2) is 10.8 Å². The Kier molecular flexibility index (Phi) is 7.68. The molecule has 2 heterocycles. The van der Waals surface area contributed by atoms with Crippen molar-refractivity contribution in [2.75, 3.05) is 31.4 Å². The fraction of sp³-hybridized carbons (Fsp3) is 0.565. The van der Waals surface area contributed by atoms with Gasteiger partial charge in [-0.25, -0.2) is 22.9 Å². The lowest BCUT2D eigenvalue weighted by Crippen LogP contribution is -2.48. The van der Waals surface area contributed by atoms with Gasteiger partial charge in [-0.2, -0.15) is 0 Å². The molecule has 1 saturated carbocycles. The van der Waals surface area contributed by atoms with Crippen molar-refractivity contribution in [1.29, 1.82) is 0 Å². The Morgan fingerprint density at radius 3 is 2.58 bits per heavy atom. The summed E-state index contributed by atoms with van der Waals surface area (Å²) < 4.78 is 37.7. The lowest BCUT2D eigenvalue weighted by atomic mass is 9.83. The lowest BCUT2D eigenvalue weighted by Gasteiger charge is -2.32. The fourth-order valence-electron chi connectivity index (χ4n) is 4.83. The zero-order valence-corrected chi connectivity index (χ0v) is 20.6. The number of anilines is 1. The third kappa shape index (κ3) is 6.11. The van der Waals surface area contributed by atoms with Gasteiger partial charge >= 0.3 is 5.97 Å². The summed E-state index contributed by atoms with van der Waals surface area (Å²) in [6.07, 6.45) is 6.13. The molecule has 2 atom stereocenters. The van der Waals surface area contributed by atoms with Crippen LogP contribution in [0.2, 0.25) is 0 Å². The molecule has 0 radical (unpaired) electrons. The van der Waals surface area contributed by atoms with Crippen molar-refractivity contribution in [2.24, 2.45) is 0 Å². The molecule has 33 heavy (non-hydrogen) atoms. The average molecular weight is 494 g/mol. The number of hydrogen-bond donors (Lipinski definition) is 1.